The van der Waals surface area contributed by atoms with Crippen molar-refractivity contribution >= 4 is 10.1 Å². The Labute approximate surface area is 138 Å². The van der Waals surface area contributed by atoms with Crippen LogP contribution in [-0.4, -0.2) is 43.8 Å². The molecule has 1 atom stereocenters. The molecule has 1 N–H and O–H groups in total. The summed E-state index contributed by atoms with van der Waals surface area (Å²) >= 11 is 0. The highest BCUT2D eigenvalue weighted by molar-refractivity contribution is 7.85. The first-order chi connectivity index (χ1) is 10.4. The van der Waals surface area contributed by atoms with Gasteiger partial charge in [-0.3, -0.25) is 4.55 Å². The Morgan fingerprint density at radius 3 is 1.95 bits per heavy atom. The van der Waals surface area contributed by atoms with Gasteiger partial charge in [0.25, 0.3) is 10.1 Å². The van der Waals surface area contributed by atoms with Crippen molar-refractivity contribution in [2.75, 3.05) is 25.9 Å². The van der Waals surface area contributed by atoms with Crippen molar-refractivity contribution in [2.24, 2.45) is 5.92 Å². The highest BCUT2D eigenvalue weighted by atomic mass is 32.2. The van der Waals surface area contributed by atoms with Crippen molar-refractivity contribution in [3.8, 4) is 0 Å². The van der Waals surface area contributed by atoms with E-state index in [0.29, 0.717) is 6.26 Å². The first-order valence-corrected chi connectivity index (χ1v) is 10.9. The normalized spacial score (nSPS) is 19.0. The molecular weight excluding hydrogens is 298 g/mol. The van der Waals surface area contributed by atoms with Crippen LogP contribution in [0.4, 0.5) is 0 Å². The predicted molar refractivity (Wildman–Crippen MR) is 94.9 cm³/mol. The van der Waals surface area contributed by atoms with E-state index in [1.54, 1.807) is 0 Å². The van der Waals surface area contributed by atoms with Crippen molar-refractivity contribution in [3.05, 3.63) is 0 Å². The van der Waals surface area contributed by atoms with Crippen LogP contribution in [0.1, 0.15) is 78.1 Å². The van der Waals surface area contributed by atoms with E-state index >= 15 is 0 Å². The van der Waals surface area contributed by atoms with E-state index in [0.717, 1.165) is 5.92 Å². The van der Waals surface area contributed by atoms with E-state index in [-0.39, 0.29) is 0 Å². The van der Waals surface area contributed by atoms with Crippen LogP contribution in [0.25, 0.3) is 0 Å². The third kappa shape index (κ3) is 16.2. The lowest BCUT2D eigenvalue weighted by Gasteiger charge is -2.15. The first-order valence-electron chi connectivity index (χ1n) is 9.01. The summed E-state index contributed by atoms with van der Waals surface area (Å²) in [5, 5.41) is 0. The molecule has 0 saturated carbocycles. The Bertz CT molecular complexity index is 336. The molecule has 1 unspecified atom stereocenters. The largest absolute Gasteiger partial charge is 0.303 e. The minimum atomic E-state index is -3.67. The summed E-state index contributed by atoms with van der Waals surface area (Å²) < 4.78 is 25.9. The topological polar surface area (TPSA) is 57.6 Å². The summed E-state index contributed by atoms with van der Waals surface area (Å²) in [6, 6.07) is 0. The van der Waals surface area contributed by atoms with Crippen LogP contribution >= 0.6 is 0 Å². The molecule has 5 heteroatoms. The summed E-state index contributed by atoms with van der Waals surface area (Å²) in [7, 11) is -3.67. The van der Waals surface area contributed by atoms with Crippen LogP contribution in [0.3, 0.4) is 0 Å². The molecule has 0 aliphatic carbocycles. The summed E-state index contributed by atoms with van der Waals surface area (Å²) in [5.74, 6) is 1.00. The Kier molecular flexibility index (Phi) is 13.2. The predicted octanol–water partition coefficient (Wildman–Crippen LogP) is 4.36. The highest BCUT2D eigenvalue weighted by Gasteiger charge is 2.19. The molecule has 0 amide bonds. The number of rotatable bonds is 10. The van der Waals surface area contributed by atoms with Crippen molar-refractivity contribution in [1.82, 2.24) is 4.90 Å². The molecule has 134 valence electrons. The summed E-state index contributed by atoms with van der Waals surface area (Å²) in [4.78, 5) is 2.69. The Balaban J connectivity index is 0.000000763. The maximum absolute atomic E-state index is 9.19. The van der Waals surface area contributed by atoms with Gasteiger partial charge in [0.1, 0.15) is 0 Å². The minimum absolute atomic E-state index is 0.715. The fourth-order valence-corrected chi connectivity index (χ4v) is 2.92. The lowest BCUT2D eigenvalue weighted by Crippen LogP contribution is -2.21. The molecule has 0 spiro atoms. The molecule has 1 saturated heterocycles. The van der Waals surface area contributed by atoms with Crippen molar-refractivity contribution in [1.29, 1.82) is 0 Å². The highest BCUT2D eigenvalue weighted by Crippen LogP contribution is 2.19. The van der Waals surface area contributed by atoms with Crippen LogP contribution in [0, 0.1) is 5.92 Å². The van der Waals surface area contributed by atoms with E-state index < -0.39 is 10.1 Å². The number of hydrogen-bond acceptors (Lipinski definition) is 3. The van der Waals surface area contributed by atoms with E-state index in [4.69, 9.17) is 4.55 Å². The molecule has 0 bridgehead atoms. The first kappa shape index (κ1) is 21.9. The number of nitrogens with zero attached hydrogens (tertiary/aromatic N) is 1. The molecule has 1 aliphatic heterocycles. The maximum Gasteiger partial charge on any atom is 0.261 e. The van der Waals surface area contributed by atoms with Crippen LogP contribution in [-0.2, 0) is 10.1 Å². The minimum Gasteiger partial charge on any atom is -0.303 e. The molecule has 4 nitrogen and oxygen atoms in total. The van der Waals surface area contributed by atoms with Gasteiger partial charge in [-0.15, -0.1) is 0 Å². The maximum atomic E-state index is 9.19. The zero-order valence-electron chi connectivity index (χ0n) is 14.9. The molecule has 1 aliphatic rings. The van der Waals surface area contributed by atoms with Gasteiger partial charge in [0, 0.05) is 6.54 Å². The second kappa shape index (κ2) is 13.3. The second-order valence-electron chi connectivity index (χ2n) is 6.57. The monoisotopic (exact) mass is 335 g/mol. The van der Waals surface area contributed by atoms with Gasteiger partial charge in [-0.1, -0.05) is 65.2 Å². The van der Waals surface area contributed by atoms with Crippen LogP contribution < -0.4 is 0 Å². The lowest BCUT2D eigenvalue weighted by molar-refractivity contribution is 0.313. The Hall–Kier alpha value is -0.130. The molecule has 0 aromatic heterocycles. The van der Waals surface area contributed by atoms with Crippen molar-refractivity contribution in [3.63, 3.8) is 0 Å². The zero-order chi connectivity index (χ0) is 16.8. The van der Waals surface area contributed by atoms with Crippen LogP contribution in [0.2, 0.25) is 0 Å². The fraction of sp³-hybridized carbons (Fsp3) is 1.00. The third-order valence-electron chi connectivity index (χ3n) is 4.28. The molecule has 1 heterocycles. The smallest absolute Gasteiger partial charge is 0.261 e. The van der Waals surface area contributed by atoms with Gasteiger partial charge in [0.05, 0.1) is 6.26 Å². The van der Waals surface area contributed by atoms with E-state index in [9.17, 15) is 8.42 Å². The van der Waals surface area contributed by atoms with Gasteiger partial charge in [-0.2, -0.15) is 8.42 Å². The second-order valence-corrected chi connectivity index (χ2v) is 8.04. The fourth-order valence-electron chi connectivity index (χ4n) is 2.92. The van der Waals surface area contributed by atoms with Gasteiger partial charge in [-0.25, -0.2) is 0 Å². The summed E-state index contributed by atoms with van der Waals surface area (Å²) in [6.07, 6.45) is 15.1. The average Bonchev–Trinajstić information content (AvgIpc) is 2.88. The zero-order valence-corrected chi connectivity index (χ0v) is 15.7. The van der Waals surface area contributed by atoms with E-state index in [2.05, 4.69) is 18.7 Å². The summed E-state index contributed by atoms with van der Waals surface area (Å²) in [6.45, 7) is 8.75. The lowest BCUT2D eigenvalue weighted by atomic mass is 10.1. The number of likely N-dealkylation sites (tertiary alicyclic amines) is 1. The third-order valence-corrected chi connectivity index (χ3v) is 4.28. The van der Waals surface area contributed by atoms with E-state index in [1.165, 1.54) is 83.8 Å². The number of hydrogen-bond donors (Lipinski definition) is 1. The van der Waals surface area contributed by atoms with Crippen LogP contribution in [0.5, 0.6) is 0 Å². The molecule has 0 aromatic carbocycles. The molecule has 0 radical (unpaired) electrons. The van der Waals surface area contributed by atoms with Gasteiger partial charge >= 0.3 is 0 Å². The standard InChI is InChI=1S/C16H33N.CH4O3S/c1-3-5-6-7-8-9-10-11-13-17-14-12-16(4-2)15-17;1-5(2,3)4/h16H,3-15H2,1-2H3;1H3,(H,2,3,4). The summed E-state index contributed by atoms with van der Waals surface area (Å²) in [5.41, 5.74) is 0. The van der Waals surface area contributed by atoms with Gasteiger partial charge < -0.3 is 4.90 Å². The van der Waals surface area contributed by atoms with Crippen LogP contribution in [0.15, 0.2) is 0 Å². The average molecular weight is 336 g/mol. The SMILES string of the molecule is CCCCCCCCCCN1CCC(CC)C1.CS(=O)(=O)O. The van der Waals surface area contributed by atoms with Crippen molar-refractivity contribution < 1.29 is 13.0 Å². The van der Waals surface area contributed by atoms with Gasteiger partial charge in [0.2, 0.25) is 0 Å². The number of unbranched alkanes of at least 4 members (excludes halogenated alkanes) is 7. The Morgan fingerprint density at radius 1 is 1.00 bits per heavy atom. The molecular formula is C17H37NO3S. The molecule has 1 fully saturated rings. The molecule has 0 aromatic rings. The van der Waals surface area contributed by atoms with Gasteiger partial charge in [-0.05, 0) is 31.8 Å². The quantitative estimate of drug-likeness (QED) is 0.476. The van der Waals surface area contributed by atoms with Crippen molar-refractivity contribution in [2.45, 2.75) is 78.1 Å². The van der Waals surface area contributed by atoms with Gasteiger partial charge in [0.15, 0.2) is 0 Å². The molecule has 22 heavy (non-hydrogen) atoms. The van der Waals surface area contributed by atoms with E-state index in [1.807, 2.05) is 0 Å². The molecule has 1 rings (SSSR count). The Morgan fingerprint density at radius 2 is 1.50 bits per heavy atom.